The van der Waals surface area contributed by atoms with Crippen LogP contribution >= 0.6 is 27.5 Å². The topological polar surface area (TPSA) is 62.3 Å². The Bertz CT molecular complexity index is 809. The summed E-state index contributed by atoms with van der Waals surface area (Å²) in [5, 5.41) is 0.556. The summed E-state index contributed by atoms with van der Waals surface area (Å²) in [5.41, 5.74) is 1.47. The summed E-state index contributed by atoms with van der Waals surface area (Å²) < 4.78 is 27.9. The molecule has 1 aromatic carbocycles. The fourth-order valence-corrected chi connectivity index (χ4v) is 4.50. The van der Waals surface area contributed by atoms with Gasteiger partial charge in [0.1, 0.15) is 5.82 Å². The third-order valence-electron chi connectivity index (χ3n) is 3.75. The second-order valence-corrected chi connectivity index (χ2v) is 8.61. The first-order chi connectivity index (χ1) is 11.8. The number of aromatic nitrogens is 1. The number of anilines is 1. The normalized spacial score (nSPS) is 11.5. The van der Waals surface area contributed by atoms with E-state index in [0.29, 0.717) is 15.1 Å². The first-order valence-corrected chi connectivity index (χ1v) is 10.8. The van der Waals surface area contributed by atoms with Gasteiger partial charge in [-0.15, -0.1) is 0 Å². The molecule has 0 saturated heterocycles. The highest BCUT2D eigenvalue weighted by Gasteiger charge is 2.14. The Morgan fingerprint density at radius 1 is 1.20 bits per heavy atom. The molecular weight excluding hydrogens is 426 g/mol. The third-order valence-corrected chi connectivity index (χ3v) is 6.00. The van der Waals surface area contributed by atoms with E-state index < -0.39 is 10.0 Å². The monoisotopic (exact) mass is 445 g/mol. The van der Waals surface area contributed by atoms with E-state index in [1.807, 2.05) is 12.1 Å². The molecule has 136 valence electrons. The van der Waals surface area contributed by atoms with Crippen LogP contribution in [0.4, 0.5) is 5.82 Å². The highest BCUT2D eigenvalue weighted by molar-refractivity contribution is 9.10. The molecule has 0 aliphatic heterocycles. The molecule has 8 heteroatoms. The highest BCUT2D eigenvalue weighted by atomic mass is 79.9. The van der Waals surface area contributed by atoms with Gasteiger partial charge < -0.3 is 4.90 Å². The second-order valence-electron chi connectivity index (χ2n) is 5.51. The Labute approximate surface area is 162 Å². The maximum atomic E-state index is 12.3. The number of pyridine rings is 1. The van der Waals surface area contributed by atoms with Gasteiger partial charge in [0.25, 0.3) is 0 Å². The minimum atomic E-state index is -3.47. The lowest BCUT2D eigenvalue weighted by molar-refractivity contribution is 0.580. The van der Waals surface area contributed by atoms with Gasteiger partial charge >= 0.3 is 0 Å². The van der Waals surface area contributed by atoms with Gasteiger partial charge in [-0.1, -0.05) is 39.7 Å². The molecule has 0 aliphatic rings. The van der Waals surface area contributed by atoms with Crippen LogP contribution in [0.3, 0.4) is 0 Å². The van der Waals surface area contributed by atoms with Crippen molar-refractivity contribution >= 4 is 43.4 Å². The number of rotatable bonds is 8. The van der Waals surface area contributed by atoms with Gasteiger partial charge in [0.05, 0.1) is 5.75 Å². The number of sulfonamides is 1. The lowest BCUT2D eigenvalue weighted by Crippen LogP contribution is -2.25. The zero-order chi connectivity index (χ0) is 18.4. The van der Waals surface area contributed by atoms with E-state index in [4.69, 9.17) is 11.6 Å². The molecule has 0 aliphatic carbocycles. The van der Waals surface area contributed by atoms with Crippen molar-refractivity contribution in [2.45, 2.75) is 26.1 Å². The van der Waals surface area contributed by atoms with E-state index in [1.165, 1.54) is 0 Å². The lowest BCUT2D eigenvalue weighted by atomic mass is 10.2. The van der Waals surface area contributed by atoms with Gasteiger partial charge in [0, 0.05) is 35.3 Å². The summed E-state index contributed by atoms with van der Waals surface area (Å²) >= 11 is 9.22. The molecular formula is C17H21BrClN3O2S. The summed E-state index contributed by atoms with van der Waals surface area (Å²) in [7, 11) is -3.47. The number of nitrogens with one attached hydrogen (secondary N) is 1. The maximum Gasteiger partial charge on any atom is 0.216 e. The lowest BCUT2D eigenvalue weighted by Gasteiger charge is -2.19. The van der Waals surface area contributed by atoms with Gasteiger partial charge in [-0.05, 0) is 43.2 Å². The zero-order valence-electron chi connectivity index (χ0n) is 14.2. The molecule has 0 amide bonds. The van der Waals surface area contributed by atoms with E-state index in [2.05, 4.69) is 44.4 Å². The average molecular weight is 447 g/mol. The van der Waals surface area contributed by atoms with Crippen LogP contribution in [0, 0.1) is 0 Å². The largest absolute Gasteiger partial charge is 0.357 e. The quantitative estimate of drug-likeness (QED) is 0.666. The summed E-state index contributed by atoms with van der Waals surface area (Å²) in [6, 6.07) is 8.86. The van der Waals surface area contributed by atoms with Crippen LogP contribution in [0.5, 0.6) is 0 Å². The fourth-order valence-electron chi connectivity index (χ4n) is 2.34. The minimum absolute atomic E-state index is 0.115. The van der Waals surface area contributed by atoms with Crippen molar-refractivity contribution in [3.8, 4) is 0 Å². The van der Waals surface area contributed by atoms with Crippen LogP contribution in [0.15, 0.2) is 41.0 Å². The summed E-state index contributed by atoms with van der Waals surface area (Å²) in [6.07, 6.45) is 1.70. The molecule has 2 aromatic rings. The molecule has 25 heavy (non-hydrogen) atoms. The second kappa shape index (κ2) is 8.98. The number of hydrogen-bond donors (Lipinski definition) is 1. The molecule has 2 rings (SSSR count). The van der Waals surface area contributed by atoms with Gasteiger partial charge in [0.15, 0.2) is 0 Å². The minimum Gasteiger partial charge on any atom is -0.357 e. The molecule has 0 spiro atoms. The summed E-state index contributed by atoms with van der Waals surface area (Å²) in [6.45, 7) is 6.11. The number of hydrogen-bond acceptors (Lipinski definition) is 4. The number of nitrogens with zero attached hydrogens (tertiary/aromatic N) is 2. The molecule has 0 fully saturated rings. The Hall–Kier alpha value is -1.15. The molecule has 5 nitrogen and oxygen atoms in total. The van der Waals surface area contributed by atoms with E-state index in [9.17, 15) is 8.42 Å². The highest BCUT2D eigenvalue weighted by Crippen LogP contribution is 2.23. The van der Waals surface area contributed by atoms with Crippen molar-refractivity contribution in [2.24, 2.45) is 0 Å². The summed E-state index contributed by atoms with van der Waals surface area (Å²) in [4.78, 5) is 6.53. The predicted octanol–water partition coefficient (Wildman–Crippen LogP) is 3.96. The van der Waals surface area contributed by atoms with Crippen molar-refractivity contribution in [2.75, 3.05) is 18.0 Å². The van der Waals surface area contributed by atoms with Crippen molar-refractivity contribution < 1.29 is 8.42 Å². The Kier molecular flexibility index (Phi) is 7.25. The molecule has 1 aromatic heterocycles. The third kappa shape index (κ3) is 5.95. The van der Waals surface area contributed by atoms with Gasteiger partial charge in [-0.3, -0.25) is 0 Å². The van der Waals surface area contributed by atoms with E-state index in [-0.39, 0.29) is 12.3 Å². The first-order valence-electron chi connectivity index (χ1n) is 7.95. The molecule has 0 atom stereocenters. The standard InChI is InChI=1S/C17H21BrClN3O2S/c1-3-22(4-2)17-8-5-13(10-20-17)11-21-25(23,24)12-14-6-7-15(19)9-16(14)18/h5-10,21H,3-4,11-12H2,1-2H3. The van der Waals surface area contributed by atoms with E-state index in [0.717, 1.165) is 24.5 Å². The van der Waals surface area contributed by atoms with Crippen molar-refractivity contribution in [1.82, 2.24) is 9.71 Å². The van der Waals surface area contributed by atoms with Crippen molar-refractivity contribution in [1.29, 1.82) is 0 Å². The molecule has 1 N–H and O–H groups in total. The fraction of sp³-hybridized carbons (Fsp3) is 0.353. The molecule has 0 saturated carbocycles. The van der Waals surface area contributed by atoms with Crippen LogP contribution in [0.25, 0.3) is 0 Å². The molecule has 0 radical (unpaired) electrons. The van der Waals surface area contributed by atoms with Crippen molar-refractivity contribution in [3.05, 3.63) is 57.2 Å². The van der Waals surface area contributed by atoms with Crippen LogP contribution in [-0.4, -0.2) is 26.5 Å². The van der Waals surface area contributed by atoms with Crippen LogP contribution in [0.1, 0.15) is 25.0 Å². The number of benzene rings is 1. The van der Waals surface area contributed by atoms with E-state index >= 15 is 0 Å². The molecule has 1 heterocycles. The smallest absolute Gasteiger partial charge is 0.216 e. The Balaban J connectivity index is 1.99. The SMILES string of the molecule is CCN(CC)c1ccc(CNS(=O)(=O)Cc2ccc(Cl)cc2Br)cn1. The first kappa shape index (κ1) is 20.2. The summed E-state index contributed by atoms with van der Waals surface area (Å²) in [5.74, 6) is 0.775. The van der Waals surface area contributed by atoms with Gasteiger partial charge in [-0.2, -0.15) is 0 Å². The Morgan fingerprint density at radius 2 is 1.92 bits per heavy atom. The van der Waals surface area contributed by atoms with Crippen LogP contribution in [0.2, 0.25) is 5.02 Å². The van der Waals surface area contributed by atoms with Gasteiger partial charge in [0.2, 0.25) is 10.0 Å². The van der Waals surface area contributed by atoms with E-state index in [1.54, 1.807) is 24.4 Å². The van der Waals surface area contributed by atoms with Crippen LogP contribution in [-0.2, 0) is 22.3 Å². The van der Waals surface area contributed by atoms with Gasteiger partial charge in [-0.25, -0.2) is 18.1 Å². The predicted molar refractivity (Wildman–Crippen MR) is 106 cm³/mol. The average Bonchev–Trinajstić information content (AvgIpc) is 2.58. The molecule has 0 bridgehead atoms. The molecule has 0 unspecified atom stereocenters. The maximum absolute atomic E-state index is 12.3. The Morgan fingerprint density at radius 3 is 2.48 bits per heavy atom. The zero-order valence-corrected chi connectivity index (χ0v) is 17.3. The number of halogens is 2. The van der Waals surface area contributed by atoms with Crippen molar-refractivity contribution in [3.63, 3.8) is 0 Å². The van der Waals surface area contributed by atoms with Crippen LogP contribution < -0.4 is 9.62 Å².